The molecule has 3 N–H and O–H groups in total. The van der Waals surface area contributed by atoms with Gasteiger partial charge in [-0.2, -0.15) is 0 Å². The number of hydrogen-bond donors (Lipinski definition) is 3. The van der Waals surface area contributed by atoms with Crippen LogP contribution in [-0.2, 0) is 59.1 Å². The molecule has 1 aromatic carbocycles. The molecule has 1 saturated carbocycles. The number of amides is 6. The fourth-order valence-corrected chi connectivity index (χ4v) is 8.81. The summed E-state index contributed by atoms with van der Waals surface area (Å²) >= 11 is 1.54. The molecule has 0 atom stereocenters. The second-order valence-corrected chi connectivity index (χ2v) is 17.6. The number of rotatable bonds is 31. The number of nitrogens with one attached hydrogen (secondary N) is 3. The molecule has 368 valence electrons. The van der Waals surface area contributed by atoms with Crippen LogP contribution in [0.15, 0.2) is 41.8 Å². The quantitative estimate of drug-likeness (QED) is 0.0575. The van der Waals surface area contributed by atoms with Gasteiger partial charge in [-0.05, 0) is 87.6 Å². The number of imide groups is 1. The van der Waals surface area contributed by atoms with Crippen LogP contribution in [0, 0.1) is 12.8 Å². The maximum absolute atomic E-state index is 13.6. The monoisotopic (exact) mass is 952 g/mol. The summed E-state index contributed by atoms with van der Waals surface area (Å²) in [6, 6.07) is 11.6. The van der Waals surface area contributed by atoms with Gasteiger partial charge in [-0.3, -0.25) is 28.8 Å². The molecule has 5 rings (SSSR count). The van der Waals surface area contributed by atoms with Crippen molar-refractivity contribution in [2.75, 3.05) is 77.4 Å². The first-order valence-corrected chi connectivity index (χ1v) is 24.6. The van der Waals surface area contributed by atoms with Gasteiger partial charge in [0.05, 0.1) is 69.5 Å². The van der Waals surface area contributed by atoms with Crippen LogP contribution in [0.4, 0.5) is 5.69 Å². The van der Waals surface area contributed by atoms with Gasteiger partial charge in [0, 0.05) is 56.5 Å². The molecule has 0 radical (unpaired) electrons. The highest BCUT2D eigenvalue weighted by molar-refractivity contribution is 7.17. The Morgan fingerprint density at radius 2 is 1.40 bits per heavy atom. The summed E-state index contributed by atoms with van der Waals surface area (Å²) in [5.74, 6) is -2.05. The van der Waals surface area contributed by atoms with E-state index in [2.05, 4.69) is 16.0 Å². The number of ether oxygens (including phenoxy) is 4. The van der Waals surface area contributed by atoms with Gasteiger partial charge in [-0.25, -0.2) is 4.79 Å². The Morgan fingerprint density at radius 1 is 0.746 bits per heavy atom. The minimum absolute atomic E-state index is 0.00325. The van der Waals surface area contributed by atoms with E-state index in [9.17, 15) is 33.6 Å². The Hall–Kier alpha value is -5.21. The Bertz CT molecular complexity index is 2070. The first-order chi connectivity index (χ1) is 32.5. The molecule has 67 heavy (non-hydrogen) atoms. The number of hydrogen-bond acceptors (Lipinski definition) is 13. The molecule has 3 heterocycles. The van der Waals surface area contributed by atoms with Crippen molar-refractivity contribution >= 4 is 68.7 Å². The van der Waals surface area contributed by atoms with Crippen molar-refractivity contribution in [2.45, 2.75) is 110 Å². The predicted molar refractivity (Wildman–Crippen MR) is 251 cm³/mol. The molecule has 2 aromatic heterocycles. The van der Waals surface area contributed by atoms with Gasteiger partial charge in [0.2, 0.25) is 17.7 Å². The van der Waals surface area contributed by atoms with Crippen molar-refractivity contribution in [3.63, 3.8) is 0 Å². The lowest BCUT2D eigenvalue weighted by atomic mass is 9.85. The number of hydroxylamine groups is 2. The van der Waals surface area contributed by atoms with Crippen LogP contribution in [0.3, 0.4) is 0 Å². The second-order valence-electron chi connectivity index (χ2n) is 16.7. The summed E-state index contributed by atoms with van der Waals surface area (Å²) < 4.78 is 24.5. The molecule has 19 heteroatoms. The van der Waals surface area contributed by atoms with E-state index >= 15 is 0 Å². The number of carbonyl (C=O) groups is 7. The molecule has 0 spiro atoms. The molecule has 2 aliphatic rings. The molecule has 0 unspecified atom stereocenters. The topological polar surface area (TPSA) is 213 Å². The molecule has 2 fully saturated rings. The standard InChI is InChI=1S/C48H68N6O12S/c1-3-52(38-11-9-10-35(2)32-38)45(58)34-53-39-20-31-67-41(39)33-40(53)48(61)51-37-15-13-36(14-16-37)47(60)50-21-8-6-4-5-7-12-42(55)49-22-24-63-26-28-65-30-29-64-27-25-62-23-19-46(59)66-54-43(56)17-18-44(54)57/h9-11,20,31-33,36-37H,3-8,12-19,21-30,34H2,1-2H3,(H,49,55)(H,50,60)(H,51,61)/t36-,37-. The summed E-state index contributed by atoms with van der Waals surface area (Å²) in [4.78, 5) is 93.5. The summed E-state index contributed by atoms with van der Waals surface area (Å²) in [5.41, 5.74) is 3.25. The second kappa shape index (κ2) is 28.9. The van der Waals surface area contributed by atoms with E-state index in [1.54, 1.807) is 16.2 Å². The summed E-state index contributed by atoms with van der Waals surface area (Å²) in [5, 5.41) is 11.6. The van der Waals surface area contributed by atoms with E-state index in [4.69, 9.17) is 23.8 Å². The highest BCUT2D eigenvalue weighted by Crippen LogP contribution is 2.28. The van der Waals surface area contributed by atoms with E-state index in [-0.39, 0.29) is 74.6 Å². The number of unbranched alkanes of at least 4 members (excludes halogenated alkanes) is 4. The fourth-order valence-electron chi connectivity index (χ4n) is 7.98. The molecule has 6 amide bonds. The largest absolute Gasteiger partial charge is 0.378 e. The van der Waals surface area contributed by atoms with E-state index in [0.29, 0.717) is 102 Å². The Balaban J connectivity index is 0.804. The summed E-state index contributed by atoms with van der Waals surface area (Å²) in [6.07, 6.45) is 7.88. The fraction of sp³-hybridized carbons (Fsp3) is 0.604. The van der Waals surface area contributed by atoms with Crippen molar-refractivity contribution in [2.24, 2.45) is 5.92 Å². The van der Waals surface area contributed by atoms with Crippen LogP contribution in [-0.4, -0.2) is 130 Å². The van der Waals surface area contributed by atoms with Crippen LogP contribution in [0.2, 0.25) is 0 Å². The van der Waals surface area contributed by atoms with E-state index < -0.39 is 17.8 Å². The minimum Gasteiger partial charge on any atom is -0.378 e. The number of likely N-dealkylation sites (N-methyl/N-ethyl adjacent to an activating group) is 1. The lowest BCUT2D eigenvalue weighted by molar-refractivity contribution is -0.198. The molecule has 1 aliphatic carbocycles. The zero-order valence-electron chi connectivity index (χ0n) is 39.0. The van der Waals surface area contributed by atoms with Gasteiger partial charge < -0.3 is 49.2 Å². The highest BCUT2D eigenvalue weighted by Gasteiger charge is 2.33. The van der Waals surface area contributed by atoms with Crippen LogP contribution in [0.1, 0.15) is 106 Å². The maximum atomic E-state index is 13.6. The Labute approximate surface area is 396 Å². The minimum atomic E-state index is -0.712. The molecule has 18 nitrogen and oxygen atoms in total. The number of benzene rings is 1. The van der Waals surface area contributed by atoms with Crippen molar-refractivity contribution in [1.29, 1.82) is 0 Å². The van der Waals surface area contributed by atoms with E-state index in [0.717, 1.165) is 53.6 Å². The normalized spacial score (nSPS) is 16.1. The molecular formula is C48H68N6O12S. The van der Waals surface area contributed by atoms with E-state index in [1.807, 2.05) is 60.2 Å². The van der Waals surface area contributed by atoms with Crippen molar-refractivity contribution in [3.8, 4) is 0 Å². The highest BCUT2D eigenvalue weighted by atomic mass is 32.1. The smallest absolute Gasteiger partial charge is 0.335 e. The van der Waals surface area contributed by atoms with Gasteiger partial charge in [0.1, 0.15) is 12.2 Å². The number of thiophene rings is 1. The van der Waals surface area contributed by atoms with Crippen molar-refractivity contribution < 1.29 is 57.3 Å². The first kappa shape index (κ1) is 52.8. The SMILES string of the molecule is CCN(C(=O)Cn1c(C(=O)N[C@H]2CC[C@H](C(=O)NCCCCCCCC(=O)NCCOCCOCCOCCOCCC(=O)ON3C(=O)CCC3=O)CC2)cc2sccc21)c1cccc(C)c1. The number of aromatic nitrogens is 1. The zero-order valence-corrected chi connectivity index (χ0v) is 39.8. The molecule has 3 aromatic rings. The van der Waals surface area contributed by atoms with Crippen molar-refractivity contribution in [3.05, 3.63) is 53.0 Å². The van der Waals surface area contributed by atoms with Crippen LogP contribution < -0.4 is 20.9 Å². The lowest BCUT2D eigenvalue weighted by Crippen LogP contribution is -2.42. The molecule has 1 saturated heterocycles. The number of aryl methyl sites for hydroxylation is 1. The van der Waals surface area contributed by atoms with Gasteiger partial charge in [0.25, 0.3) is 17.7 Å². The van der Waals surface area contributed by atoms with Crippen LogP contribution in [0.5, 0.6) is 0 Å². The van der Waals surface area contributed by atoms with Crippen LogP contribution in [0.25, 0.3) is 10.2 Å². The molecular weight excluding hydrogens is 885 g/mol. The third kappa shape index (κ3) is 17.8. The van der Waals surface area contributed by atoms with Gasteiger partial charge in [-0.1, -0.05) is 31.4 Å². The zero-order chi connectivity index (χ0) is 47.8. The summed E-state index contributed by atoms with van der Waals surface area (Å²) in [7, 11) is 0. The van der Waals surface area contributed by atoms with Crippen molar-refractivity contribution in [1.82, 2.24) is 25.6 Å². The number of fused-ring (bicyclic) bond motifs is 1. The third-order valence-electron chi connectivity index (χ3n) is 11.6. The lowest BCUT2D eigenvalue weighted by Gasteiger charge is -2.28. The first-order valence-electron chi connectivity index (χ1n) is 23.7. The predicted octanol–water partition coefficient (Wildman–Crippen LogP) is 4.99. The maximum Gasteiger partial charge on any atom is 0.335 e. The average Bonchev–Trinajstić information content (AvgIpc) is 4.01. The summed E-state index contributed by atoms with van der Waals surface area (Å²) in [6.45, 7) is 8.12. The number of nitrogens with zero attached hydrogens (tertiary/aromatic N) is 3. The number of anilines is 1. The Kier molecular flexibility index (Phi) is 22.7. The van der Waals surface area contributed by atoms with Crippen LogP contribution >= 0.6 is 11.3 Å². The average molecular weight is 953 g/mol. The van der Waals surface area contributed by atoms with Gasteiger partial charge in [0.15, 0.2) is 0 Å². The molecule has 0 bridgehead atoms. The van der Waals surface area contributed by atoms with Gasteiger partial charge in [-0.15, -0.1) is 16.4 Å². The Morgan fingerprint density at radius 3 is 2.09 bits per heavy atom. The van der Waals surface area contributed by atoms with Gasteiger partial charge >= 0.3 is 5.97 Å². The molecule has 1 aliphatic heterocycles. The number of carbonyl (C=O) groups excluding carboxylic acids is 7. The van der Waals surface area contributed by atoms with E-state index in [1.165, 1.54) is 0 Å². The third-order valence-corrected chi connectivity index (χ3v) is 12.5.